The first kappa shape index (κ1) is 17.3. The van der Waals surface area contributed by atoms with Crippen LogP contribution in [0.2, 0.25) is 0 Å². The average Bonchev–Trinajstić information content (AvgIpc) is 2.56. The van der Waals surface area contributed by atoms with E-state index in [-0.39, 0.29) is 11.6 Å². The van der Waals surface area contributed by atoms with Gasteiger partial charge in [0.1, 0.15) is 23.2 Å². The van der Waals surface area contributed by atoms with Crippen LogP contribution in [0.1, 0.15) is 11.3 Å². The monoisotopic (exact) mass is 362 g/mol. The molecule has 3 rings (SSSR count). The standard InChI is InChI=1S/C18H13F3N2OS/c1-11-8-17(24-15-6-4-13(19)5-7-15)23-18(22-11)25-10-12-2-3-14(20)9-16(12)21/h2-9H,10H2,1H3. The van der Waals surface area contributed by atoms with E-state index in [1.54, 1.807) is 13.0 Å². The first-order valence-corrected chi connectivity index (χ1v) is 8.34. The largest absolute Gasteiger partial charge is 0.439 e. The van der Waals surface area contributed by atoms with Crippen molar-refractivity contribution in [3.8, 4) is 11.6 Å². The van der Waals surface area contributed by atoms with Crippen molar-refractivity contribution >= 4 is 11.8 Å². The second-order valence-electron chi connectivity index (χ2n) is 5.21. The zero-order chi connectivity index (χ0) is 17.8. The van der Waals surface area contributed by atoms with Gasteiger partial charge in [-0.3, -0.25) is 0 Å². The van der Waals surface area contributed by atoms with Gasteiger partial charge in [-0.05, 0) is 42.8 Å². The fraction of sp³-hybridized carbons (Fsp3) is 0.111. The third-order valence-corrected chi connectivity index (χ3v) is 4.11. The van der Waals surface area contributed by atoms with Crippen molar-refractivity contribution in [1.29, 1.82) is 0 Å². The highest BCUT2D eigenvalue weighted by atomic mass is 32.2. The lowest BCUT2D eigenvalue weighted by Gasteiger charge is -2.08. The van der Waals surface area contributed by atoms with E-state index in [0.29, 0.717) is 28.0 Å². The number of aryl methyl sites for hydroxylation is 1. The van der Waals surface area contributed by atoms with Crippen LogP contribution in [0, 0.1) is 24.4 Å². The third-order valence-electron chi connectivity index (χ3n) is 3.22. The van der Waals surface area contributed by atoms with Crippen molar-refractivity contribution in [2.24, 2.45) is 0 Å². The van der Waals surface area contributed by atoms with Gasteiger partial charge in [0.2, 0.25) is 5.88 Å². The average molecular weight is 362 g/mol. The summed E-state index contributed by atoms with van der Waals surface area (Å²) in [5.74, 6) is -0.577. The summed E-state index contributed by atoms with van der Waals surface area (Å²) >= 11 is 1.21. The van der Waals surface area contributed by atoms with Gasteiger partial charge in [-0.2, -0.15) is 4.98 Å². The number of hydrogen-bond donors (Lipinski definition) is 0. The van der Waals surface area contributed by atoms with E-state index in [2.05, 4.69) is 9.97 Å². The summed E-state index contributed by atoms with van der Waals surface area (Å²) < 4.78 is 45.1. The number of thioether (sulfide) groups is 1. The molecule has 0 aliphatic rings. The Labute approximate surface area is 146 Å². The number of nitrogens with zero attached hydrogens (tertiary/aromatic N) is 2. The molecule has 1 aromatic heterocycles. The topological polar surface area (TPSA) is 35.0 Å². The third kappa shape index (κ3) is 4.73. The molecule has 0 bridgehead atoms. The van der Waals surface area contributed by atoms with Crippen molar-refractivity contribution in [2.45, 2.75) is 17.8 Å². The number of rotatable bonds is 5. The Hall–Kier alpha value is -2.54. The zero-order valence-electron chi connectivity index (χ0n) is 13.2. The van der Waals surface area contributed by atoms with E-state index >= 15 is 0 Å². The van der Waals surface area contributed by atoms with Crippen molar-refractivity contribution in [3.05, 3.63) is 77.2 Å². The van der Waals surface area contributed by atoms with E-state index in [1.165, 1.54) is 48.2 Å². The molecule has 0 saturated heterocycles. The van der Waals surface area contributed by atoms with Crippen LogP contribution in [-0.4, -0.2) is 9.97 Å². The van der Waals surface area contributed by atoms with Crippen LogP contribution in [-0.2, 0) is 5.75 Å². The smallest absolute Gasteiger partial charge is 0.223 e. The van der Waals surface area contributed by atoms with Gasteiger partial charge in [-0.15, -0.1) is 0 Å². The van der Waals surface area contributed by atoms with E-state index in [0.717, 1.165) is 6.07 Å². The molecule has 2 aromatic carbocycles. The highest BCUT2D eigenvalue weighted by Crippen LogP contribution is 2.26. The predicted octanol–water partition coefficient (Wildman–Crippen LogP) is 5.29. The summed E-state index contributed by atoms with van der Waals surface area (Å²) in [5, 5.41) is 0.404. The maximum absolute atomic E-state index is 13.7. The second kappa shape index (κ2) is 7.57. The first-order chi connectivity index (χ1) is 12.0. The van der Waals surface area contributed by atoms with Gasteiger partial charge in [0.15, 0.2) is 5.16 Å². The van der Waals surface area contributed by atoms with Crippen LogP contribution in [0.3, 0.4) is 0 Å². The summed E-state index contributed by atoms with van der Waals surface area (Å²) in [5.41, 5.74) is 1.03. The Morgan fingerprint density at radius 3 is 2.36 bits per heavy atom. The van der Waals surface area contributed by atoms with Crippen LogP contribution in [0.15, 0.2) is 53.7 Å². The zero-order valence-corrected chi connectivity index (χ0v) is 14.0. The number of aromatic nitrogens is 2. The second-order valence-corrected chi connectivity index (χ2v) is 6.15. The molecular weight excluding hydrogens is 349 g/mol. The molecule has 0 amide bonds. The molecule has 3 aromatic rings. The molecule has 0 atom stereocenters. The van der Waals surface area contributed by atoms with Crippen molar-refractivity contribution in [2.75, 3.05) is 0 Å². The minimum absolute atomic E-state index is 0.256. The van der Waals surface area contributed by atoms with Crippen LogP contribution in [0.5, 0.6) is 11.6 Å². The molecule has 0 aliphatic heterocycles. The molecule has 0 radical (unpaired) electrons. The van der Waals surface area contributed by atoms with Crippen LogP contribution in [0.25, 0.3) is 0 Å². The lowest BCUT2D eigenvalue weighted by Crippen LogP contribution is -1.96. The van der Waals surface area contributed by atoms with Crippen LogP contribution >= 0.6 is 11.8 Å². The summed E-state index contributed by atoms with van der Waals surface area (Å²) in [6, 6.07) is 10.7. The first-order valence-electron chi connectivity index (χ1n) is 7.35. The number of ether oxygens (including phenoxy) is 1. The summed E-state index contributed by atoms with van der Waals surface area (Å²) in [7, 11) is 0. The van der Waals surface area contributed by atoms with E-state index in [9.17, 15) is 13.2 Å². The maximum atomic E-state index is 13.7. The molecule has 25 heavy (non-hydrogen) atoms. The van der Waals surface area contributed by atoms with Crippen LogP contribution in [0.4, 0.5) is 13.2 Å². The van der Waals surface area contributed by atoms with Gasteiger partial charge in [-0.1, -0.05) is 17.8 Å². The van der Waals surface area contributed by atoms with Crippen molar-refractivity contribution in [3.63, 3.8) is 0 Å². The Morgan fingerprint density at radius 1 is 0.920 bits per heavy atom. The van der Waals surface area contributed by atoms with Crippen LogP contribution < -0.4 is 4.74 Å². The van der Waals surface area contributed by atoms with E-state index in [1.807, 2.05) is 0 Å². The quantitative estimate of drug-likeness (QED) is 0.456. The van der Waals surface area contributed by atoms with E-state index < -0.39 is 11.6 Å². The van der Waals surface area contributed by atoms with Gasteiger partial charge >= 0.3 is 0 Å². The van der Waals surface area contributed by atoms with E-state index in [4.69, 9.17) is 4.74 Å². The van der Waals surface area contributed by atoms with Gasteiger partial charge in [-0.25, -0.2) is 18.2 Å². The number of halogens is 3. The molecule has 0 saturated carbocycles. The fourth-order valence-electron chi connectivity index (χ4n) is 2.03. The molecule has 1 heterocycles. The molecule has 0 unspecified atom stereocenters. The maximum Gasteiger partial charge on any atom is 0.223 e. The molecule has 7 heteroatoms. The highest BCUT2D eigenvalue weighted by Gasteiger charge is 2.09. The number of hydrogen-bond acceptors (Lipinski definition) is 4. The van der Waals surface area contributed by atoms with Gasteiger partial charge in [0.25, 0.3) is 0 Å². The molecule has 0 aliphatic carbocycles. The Balaban J connectivity index is 1.73. The Morgan fingerprint density at radius 2 is 1.64 bits per heavy atom. The summed E-state index contributed by atoms with van der Waals surface area (Å²) in [6.45, 7) is 1.78. The lowest BCUT2D eigenvalue weighted by atomic mass is 10.2. The molecule has 128 valence electrons. The van der Waals surface area contributed by atoms with Gasteiger partial charge < -0.3 is 4.74 Å². The summed E-state index contributed by atoms with van der Waals surface area (Å²) in [4.78, 5) is 8.52. The molecule has 3 nitrogen and oxygen atoms in total. The molecule has 0 N–H and O–H groups in total. The fourth-order valence-corrected chi connectivity index (χ4v) is 2.92. The Kier molecular flexibility index (Phi) is 5.23. The SMILES string of the molecule is Cc1cc(Oc2ccc(F)cc2)nc(SCc2ccc(F)cc2F)n1. The lowest BCUT2D eigenvalue weighted by molar-refractivity contribution is 0.453. The normalized spacial score (nSPS) is 10.7. The summed E-state index contributed by atoms with van der Waals surface area (Å²) in [6.07, 6.45) is 0. The Bertz CT molecular complexity index is 888. The minimum Gasteiger partial charge on any atom is -0.439 e. The molecular formula is C18H13F3N2OS. The van der Waals surface area contributed by atoms with Gasteiger partial charge in [0.05, 0.1) is 0 Å². The molecule has 0 spiro atoms. The van der Waals surface area contributed by atoms with Crippen molar-refractivity contribution in [1.82, 2.24) is 9.97 Å². The highest BCUT2D eigenvalue weighted by molar-refractivity contribution is 7.98. The number of benzene rings is 2. The minimum atomic E-state index is -0.618. The van der Waals surface area contributed by atoms with Crippen molar-refractivity contribution < 1.29 is 17.9 Å². The van der Waals surface area contributed by atoms with Gasteiger partial charge in [0, 0.05) is 23.6 Å². The predicted molar refractivity (Wildman–Crippen MR) is 89.2 cm³/mol. The molecule has 0 fully saturated rings.